The van der Waals surface area contributed by atoms with E-state index in [1.807, 2.05) is 0 Å². The Balaban J connectivity index is 2.27. The summed E-state index contributed by atoms with van der Waals surface area (Å²) in [5.74, 6) is 0. The number of nitrogens with zero attached hydrogens (tertiary/aromatic N) is 1. The van der Waals surface area contributed by atoms with Crippen LogP contribution in [0.15, 0.2) is 0 Å². The molecule has 9 heavy (non-hydrogen) atoms. The predicted octanol–water partition coefficient (Wildman–Crippen LogP) is -0.907. The smallest absolute Gasteiger partial charge is 0.102 e. The van der Waals surface area contributed by atoms with Gasteiger partial charge >= 0.3 is 0 Å². The zero-order valence-corrected chi connectivity index (χ0v) is 6.94. The van der Waals surface area contributed by atoms with Gasteiger partial charge in [-0.15, -0.1) is 0 Å². The van der Waals surface area contributed by atoms with Crippen molar-refractivity contribution in [3.63, 3.8) is 0 Å². The van der Waals surface area contributed by atoms with Crippen molar-refractivity contribution in [2.24, 2.45) is 0 Å². The summed E-state index contributed by atoms with van der Waals surface area (Å²) in [6, 6.07) is 0.748. The lowest BCUT2D eigenvalue weighted by Crippen LogP contribution is -2.54. The number of hydrogen-bond donors (Lipinski definition) is 0. The van der Waals surface area contributed by atoms with E-state index in [0.717, 1.165) is 6.04 Å². The average Bonchev–Trinajstić information content (AvgIpc) is 1.59. The van der Waals surface area contributed by atoms with Crippen molar-refractivity contribution in [3.8, 4) is 0 Å². The Morgan fingerprint density at radius 1 is 1.33 bits per heavy atom. The molecule has 0 spiro atoms. The molecule has 1 nitrogen and oxygen atoms in total. The van der Waals surface area contributed by atoms with E-state index in [-0.39, 0.29) is 0 Å². The van der Waals surface area contributed by atoms with E-state index in [0.29, 0.717) is 5.21 Å². The third-order valence-corrected chi connectivity index (χ3v) is 1.99. The average molecular weight is 123 g/mol. The lowest BCUT2D eigenvalue weighted by atomic mass is 9.50. The van der Waals surface area contributed by atoms with Crippen molar-refractivity contribution in [3.05, 3.63) is 0 Å². The Morgan fingerprint density at radius 2 is 1.78 bits per heavy atom. The molecule has 0 bridgehead atoms. The number of hydrogen-bond acceptors (Lipinski definition) is 1. The van der Waals surface area contributed by atoms with Gasteiger partial charge in [-0.3, -0.25) is 0 Å². The Labute approximate surface area is 59.6 Å². The summed E-state index contributed by atoms with van der Waals surface area (Å²) < 4.78 is 0. The topological polar surface area (TPSA) is 3.24 Å². The molecule has 1 heterocycles. The molecule has 0 aromatic heterocycles. The molecule has 0 N–H and O–H groups in total. The van der Waals surface area contributed by atoms with Crippen LogP contribution < -0.4 is 0 Å². The van der Waals surface area contributed by atoms with Crippen LogP contribution in [0.5, 0.6) is 0 Å². The lowest BCUT2D eigenvalue weighted by molar-refractivity contribution is 0.121. The van der Waals surface area contributed by atoms with E-state index in [4.69, 9.17) is 0 Å². The molecular weight excluding hydrogens is 108 g/mol. The second kappa shape index (κ2) is 2.05. The first-order valence-electron chi connectivity index (χ1n) is 3.75. The summed E-state index contributed by atoms with van der Waals surface area (Å²) >= 11 is 0. The summed E-state index contributed by atoms with van der Waals surface area (Å²) in [6.45, 7) is 7.08. The van der Waals surface area contributed by atoms with Crippen LogP contribution in [-0.4, -0.2) is 39.7 Å². The van der Waals surface area contributed by atoms with Crippen molar-refractivity contribution < 1.29 is 0 Å². The fourth-order valence-electron chi connectivity index (χ4n) is 1.42. The summed E-state index contributed by atoms with van der Waals surface area (Å²) in [7, 11) is 4.65. The Kier molecular flexibility index (Phi) is 1.64. The van der Waals surface area contributed by atoms with Gasteiger partial charge in [0, 0.05) is 6.04 Å². The Bertz CT molecular complexity index is 104. The molecule has 0 aromatic carbocycles. The minimum Gasteiger partial charge on any atom is -0.303 e. The quantitative estimate of drug-likeness (QED) is 0.408. The first kappa shape index (κ1) is 7.20. The van der Waals surface area contributed by atoms with Crippen molar-refractivity contribution in [2.45, 2.75) is 25.1 Å². The highest BCUT2D eigenvalue weighted by molar-refractivity contribution is 6.40. The SMILES string of the molecule is BC1(B)CN(C(C)C)C1. The largest absolute Gasteiger partial charge is 0.303 e. The van der Waals surface area contributed by atoms with Crippen LogP contribution in [0.3, 0.4) is 0 Å². The van der Waals surface area contributed by atoms with Crippen LogP contribution in [0, 0.1) is 0 Å². The molecular formula is C6H15B2N. The lowest BCUT2D eigenvalue weighted by Gasteiger charge is -2.48. The van der Waals surface area contributed by atoms with Crippen molar-refractivity contribution >= 4 is 15.7 Å². The Morgan fingerprint density at radius 3 is 1.89 bits per heavy atom. The maximum absolute atomic E-state index is 2.50. The van der Waals surface area contributed by atoms with Crippen LogP contribution in [-0.2, 0) is 0 Å². The highest BCUT2D eigenvalue weighted by Crippen LogP contribution is 2.30. The van der Waals surface area contributed by atoms with E-state index in [9.17, 15) is 0 Å². The van der Waals surface area contributed by atoms with Crippen LogP contribution in [0.25, 0.3) is 0 Å². The maximum atomic E-state index is 2.50. The van der Waals surface area contributed by atoms with Gasteiger partial charge in [0.25, 0.3) is 0 Å². The molecule has 0 unspecified atom stereocenters. The van der Waals surface area contributed by atoms with Crippen LogP contribution >= 0.6 is 0 Å². The van der Waals surface area contributed by atoms with Gasteiger partial charge < -0.3 is 4.90 Å². The third-order valence-electron chi connectivity index (χ3n) is 1.99. The van der Waals surface area contributed by atoms with Gasteiger partial charge in [-0.2, -0.15) is 0 Å². The van der Waals surface area contributed by atoms with Crippen LogP contribution in [0.1, 0.15) is 13.8 Å². The van der Waals surface area contributed by atoms with Crippen LogP contribution in [0.4, 0.5) is 0 Å². The minimum absolute atomic E-state index is 0.601. The molecule has 0 radical (unpaired) electrons. The van der Waals surface area contributed by atoms with Crippen LogP contribution in [0.2, 0.25) is 5.21 Å². The highest BCUT2D eigenvalue weighted by atomic mass is 15.2. The van der Waals surface area contributed by atoms with E-state index < -0.39 is 0 Å². The molecule has 0 saturated carbocycles. The standard InChI is InChI=1S/C6H15B2N/c1-5(2)9-3-6(7,8)4-9/h5H,3-4,7-8H2,1-2H3. The fraction of sp³-hybridized carbons (Fsp3) is 1.00. The van der Waals surface area contributed by atoms with E-state index >= 15 is 0 Å². The van der Waals surface area contributed by atoms with Crippen molar-refractivity contribution in [1.29, 1.82) is 0 Å². The molecule has 3 heteroatoms. The van der Waals surface area contributed by atoms with E-state index in [1.54, 1.807) is 0 Å². The summed E-state index contributed by atoms with van der Waals surface area (Å²) in [5.41, 5.74) is 0. The molecule has 1 fully saturated rings. The summed E-state index contributed by atoms with van der Waals surface area (Å²) in [5, 5.41) is 0.601. The molecule has 0 aliphatic carbocycles. The summed E-state index contributed by atoms with van der Waals surface area (Å²) in [6.07, 6.45) is 0. The minimum atomic E-state index is 0.601. The van der Waals surface area contributed by atoms with Gasteiger partial charge in [-0.25, -0.2) is 0 Å². The highest BCUT2D eigenvalue weighted by Gasteiger charge is 2.34. The zero-order valence-electron chi connectivity index (χ0n) is 6.94. The molecule has 0 amide bonds. The zero-order chi connectivity index (χ0) is 7.07. The fourth-order valence-corrected chi connectivity index (χ4v) is 1.42. The summed E-state index contributed by atoms with van der Waals surface area (Å²) in [4.78, 5) is 2.50. The van der Waals surface area contributed by atoms with Gasteiger partial charge in [0.15, 0.2) is 0 Å². The first-order chi connectivity index (χ1) is 4.01. The molecule has 1 rings (SSSR count). The van der Waals surface area contributed by atoms with Crippen molar-refractivity contribution in [2.75, 3.05) is 13.1 Å². The van der Waals surface area contributed by atoms with Crippen molar-refractivity contribution in [1.82, 2.24) is 4.90 Å². The number of likely N-dealkylation sites (tertiary alicyclic amines) is 1. The number of rotatable bonds is 1. The van der Waals surface area contributed by atoms with Gasteiger partial charge in [0.2, 0.25) is 0 Å². The third kappa shape index (κ3) is 1.51. The predicted molar refractivity (Wildman–Crippen MR) is 46.5 cm³/mol. The second-order valence-corrected chi connectivity index (χ2v) is 4.16. The molecule has 0 aromatic rings. The Hall–Kier alpha value is 0.0899. The molecule has 1 saturated heterocycles. The van der Waals surface area contributed by atoms with Gasteiger partial charge in [0.1, 0.15) is 15.7 Å². The normalized spacial score (nSPS) is 26.1. The van der Waals surface area contributed by atoms with E-state index in [1.165, 1.54) is 13.1 Å². The first-order valence-corrected chi connectivity index (χ1v) is 3.75. The maximum Gasteiger partial charge on any atom is 0.102 e. The molecule has 0 atom stereocenters. The van der Waals surface area contributed by atoms with E-state index in [2.05, 4.69) is 34.4 Å². The molecule has 1 aliphatic heterocycles. The molecule has 1 aliphatic rings. The molecule has 50 valence electrons. The van der Waals surface area contributed by atoms with Gasteiger partial charge in [0.05, 0.1) is 0 Å². The van der Waals surface area contributed by atoms with Gasteiger partial charge in [-0.05, 0) is 26.9 Å². The monoisotopic (exact) mass is 123 g/mol. The second-order valence-electron chi connectivity index (χ2n) is 4.16. The van der Waals surface area contributed by atoms with Gasteiger partial charge in [-0.1, -0.05) is 5.21 Å².